The van der Waals surface area contributed by atoms with E-state index in [0.717, 1.165) is 0 Å². The third-order valence-corrected chi connectivity index (χ3v) is 1.53. The molecule has 7 heteroatoms. The van der Waals surface area contributed by atoms with Crippen molar-refractivity contribution < 1.29 is 27.8 Å². The number of hydrogen-bond acceptors (Lipinski definition) is 3. The molecule has 0 bridgehead atoms. The Morgan fingerprint density at radius 1 is 1.53 bits per heavy atom. The monoisotopic (exact) mass is 229 g/mol. The largest absolute Gasteiger partial charge is 0.389 e. The van der Waals surface area contributed by atoms with Crippen LogP contribution in [0.4, 0.5) is 13.2 Å². The van der Waals surface area contributed by atoms with Gasteiger partial charge in [-0.25, -0.2) is 0 Å². The fourth-order valence-corrected chi connectivity index (χ4v) is 0.827. The Hall–Kier alpha value is -0.820. The van der Waals surface area contributed by atoms with Gasteiger partial charge in [-0.2, -0.15) is 13.2 Å². The minimum Gasteiger partial charge on any atom is -0.389 e. The van der Waals surface area contributed by atoms with Crippen molar-refractivity contribution in [2.45, 2.75) is 25.1 Å². The quantitative estimate of drug-likeness (QED) is 0.695. The summed E-state index contributed by atoms with van der Waals surface area (Å²) in [5.41, 5.74) is 0. The molecule has 0 aromatic carbocycles. The molecule has 0 aromatic heterocycles. The summed E-state index contributed by atoms with van der Waals surface area (Å²) in [6.45, 7) is -0.0793. The van der Waals surface area contributed by atoms with E-state index < -0.39 is 31.0 Å². The molecule has 90 valence electrons. The Bertz CT molecular complexity index is 196. The second kappa shape index (κ2) is 6.62. The summed E-state index contributed by atoms with van der Waals surface area (Å²) >= 11 is 0. The summed E-state index contributed by atoms with van der Waals surface area (Å²) in [5, 5.41) is 11.2. The van der Waals surface area contributed by atoms with E-state index in [-0.39, 0.29) is 13.2 Å². The second-order valence-corrected chi connectivity index (χ2v) is 3.03. The Balaban J connectivity index is 3.58. The predicted octanol–water partition coefficient (Wildman–Crippen LogP) is 0.452. The molecule has 4 nitrogen and oxygen atoms in total. The van der Waals surface area contributed by atoms with E-state index >= 15 is 0 Å². The maximum absolute atomic E-state index is 11.7. The van der Waals surface area contributed by atoms with Crippen molar-refractivity contribution in [2.75, 3.05) is 20.3 Å². The average Bonchev–Trinajstić information content (AvgIpc) is 2.11. The topological polar surface area (TPSA) is 58.6 Å². The third kappa shape index (κ3) is 9.48. The van der Waals surface area contributed by atoms with Gasteiger partial charge in [0.25, 0.3) is 0 Å². The molecule has 0 aliphatic rings. The van der Waals surface area contributed by atoms with Gasteiger partial charge in [0.15, 0.2) is 0 Å². The summed E-state index contributed by atoms with van der Waals surface area (Å²) in [5.74, 6) is -0.734. The van der Waals surface area contributed by atoms with Crippen molar-refractivity contribution >= 4 is 5.91 Å². The minimum atomic E-state index is -4.33. The van der Waals surface area contributed by atoms with E-state index in [1.54, 1.807) is 0 Å². The molecule has 0 saturated carbocycles. The third-order valence-electron chi connectivity index (χ3n) is 1.53. The number of alkyl halides is 3. The van der Waals surface area contributed by atoms with Gasteiger partial charge >= 0.3 is 6.18 Å². The SMILES string of the molecule is COCC(O)CNC(=O)CCC(F)(F)F. The zero-order chi connectivity index (χ0) is 11.9. The van der Waals surface area contributed by atoms with Crippen LogP contribution in [0.15, 0.2) is 0 Å². The summed E-state index contributed by atoms with van der Waals surface area (Å²) < 4.78 is 39.6. The molecule has 0 radical (unpaired) electrons. The Morgan fingerprint density at radius 3 is 2.60 bits per heavy atom. The van der Waals surface area contributed by atoms with Crippen molar-refractivity contribution in [2.24, 2.45) is 0 Å². The molecule has 2 N–H and O–H groups in total. The standard InChI is InChI=1S/C8H14F3NO3/c1-15-5-6(13)4-12-7(14)2-3-8(9,10)11/h6,13H,2-5H2,1H3,(H,12,14). The molecule has 0 aliphatic heterocycles. The van der Waals surface area contributed by atoms with Crippen molar-refractivity contribution in [1.29, 1.82) is 0 Å². The number of ether oxygens (including phenoxy) is 1. The lowest BCUT2D eigenvalue weighted by Crippen LogP contribution is -2.34. The first-order chi connectivity index (χ1) is 6.85. The number of methoxy groups -OCH3 is 1. The summed E-state index contributed by atoms with van der Waals surface area (Å²) in [6.07, 6.45) is -7.00. The lowest BCUT2D eigenvalue weighted by Gasteiger charge is -2.11. The highest BCUT2D eigenvalue weighted by molar-refractivity contribution is 5.75. The van der Waals surface area contributed by atoms with Crippen molar-refractivity contribution in [3.05, 3.63) is 0 Å². The highest BCUT2D eigenvalue weighted by Crippen LogP contribution is 2.20. The molecule has 1 atom stereocenters. The number of rotatable bonds is 6. The molecule has 15 heavy (non-hydrogen) atoms. The van der Waals surface area contributed by atoms with E-state index in [2.05, 4.69) is 10.1 Å². The van der Waals surface area contributed by atoms with Crippen LogP contribution in [0.25, 0.3) is 0 Å². The first-order valence-corrected chi connectivity index (χ1v) is 4.35. The van der Waals surface area contributed by atoms with Crippen LogP contribution in [0.2, 0.25) is 0 Å². The van der Waals surface area contributed by atoms with Crippen LogP contribution >= 0.6 is 0 Å². The molecule has 1 unspecified atom stereocenters. The van der Waals surface area contributed by atoms with Gasteiger partial charge in [-0.1, -0.05) is 0 Å². The molecule has 0 aliphatic carbocycles. The van der Waals surface area contributed by atoms with Crippen LogP contribution in [0.3, 0.4) is 0 Å². The number of aliphatic hydroxyl groups is 1. The van der Waals surface area contributed by atoms with E-state index in [9.17, 15) is 18.0 Å². The molecule has 0 spiro atoms. The number of hydrogen-bond donors (Lipinski definition) is 2. The van der Waals surface area contributed by atoms with Crippen LogP contribution < -0.4 is 5.32 Å². The van der Waals surface area contributed by atoms with Crippen molar-refractivity contribution in [1.82, 2.24) is 5.32 Å². The molecule has 0 aromatic rings. The second-order valence-electron chi connectivity index (χ2n) is 3.03. The lowest BCUT2D eigenvalue weighted by molar-refractivity contribution is -0.144. The van der Waals surface area contributed by atoms with Crippen LogP contribution in [-0.2, 0) is 9.53 Å². The van der Waals surface area contributed by atoms with Crippen molar-refractivity contribution in [3.63, 3.8) is 0 Å². The number of aliphatic hydroxyl groups excluding tert-OH is 1. The zero-order valence-corrected chi connectivity index (χ0v) is 8.30. The van der Waals surface area contributed by atoms with Gasteiger partial charge < -0.3 is 15.2 Å². The fourth-order valence-electron chi connectivity index (χ4n) is 0.827. The highest BCUT2D eigenvalue weighted by atomic mass is 19.4. The average molecular weight is 229 g/mol. The number of halogens is 3. The zero-order valence-electron chi connectivity index (χ0n) is 8.30. The van der Waals surface area contributed by atoms with E-state index in [4.69, 9.17) is 5.11 Å². The smallest absolute Gasteiger partial charge is 0.389 e. The first-order valence-electron chi connectivity index (χ1n) is 4.35. The summed E-state index contributed by atoms with van der Waals surface area (Å²) in [4.78, 5) is 10.8. The highest BCUT2D eigenvalue weighted by Gasteiger charge is 2.27. The maximum atomic E-state index is 11.7. The Labute approximate surface area is 85.4 Å². The van der Waals surface area contributed by atoms with E-state index in [0.29, 0.717) is 0 Å². The number of nitrogens with one attached hydrogen (secondary N) is 1. The molecule has 1 amide bonds. The Morgan fingerprint density at radius 2 is 2.13 bits per heavy atom. The van der Waals surface area contributed by atoms with Gasteiger partial charge in [-0.05, 0) is 0 Å². The molecular weight excluding hydrogens is 215 g/mol. The van der Waals surface area contributed by atoms with Crippen LogP contribution in [0, 0.1) is 0 Å². The normalized spacial score (nSPS) is 13.7. The van der Waals surface area contributed by atoms with Gasteiger partial charge in [-0.15, -0.1) is 0 Å². The predicted molar refractivity (Wildman–Crippen MR) is 46.2 cm³/mol. The molecule has 0 fully saturated rings. The van der Waals surface area contributed by atoms with Crippen LogP contribution in [-0.4, -0.2) is 43.6 Å². The number of carbonyl (C=O) groups excluding carboxylic acids is 1. The fraction of sp³-hybridized carbons (Fsp3) is 0.875. The first kappa shape index (κ1) is 14.2. The van der Waals surface area contributed by atoms with Gasteiger partial charge in [0, 0.05) is 20.1 Å². The lowest BCUT2D eigenvalue weighted by atomic mass is 10.3. The summed E-state index contributed by atoms with van der Waals surface area (Å²) in [6, 6.07) is 0. The number of amides is 1. The number of carbonyl (C=O) groups is 1. The maximum Gasteiger partial charge on any atom is 0.389 e. The van der Waals surface area contributed by atoms with Gasteiger partial charge in [0.2, 0.25) is 5.91 Å². The van der Waals surface area contributed by atoms with E-state index in [1.165, 1.54) is 7.11 Å². The molecule has 0 heterocycles. The molecule has 0 saturated heterocycles. The summed E-state index contributed by atoms with van der Waals surface area (Å²) in [7, 11) is 1.37. The minimum absolute atomic E-state index is 0.0273. The molecular formula is C8H14F3NO3. The molecule has 0 rings (SSSR count). The van der Waals surface area contributed by atoms with Gasteiger partial charge in [0.05, 0.1) is 19.1 Å². The van der Waals surface area contributed by atoms with Gasteiger partial charge in [0.1, 0.15) is 0 Å². The van der Waals surface area contributed by atoms with Crippen LogP contribution in [0.5, 0.6) is 0 Å². The van der Waals surface area contributed by atoms with Crippen LogP contribution in [0.1, 0.15) is 12.8 Å². The Kier molecular flexibility index (Phi) is 6.26. The van der Waals surface area contributed by atoms with E-state index in [1.807, 2.05) is 0 Å². The van der Waals surface area contributed by atoms with Gasteiger partial charge in [-0.3, -0.25) is 4.79 Å². The van der Waals surface area contributed by atoms with Crippen molar-refractivity contribution in [3.8, 4) is 0 Å².